The van der Waals surface area contributed by atoms with E-state index in [1.54, 1.807) is 12.3 Å². The molecule has 0 amide bonds. The minimum absolute atomic E-state index is 0.111. The molecule has 2 aromatic rings. The van der Waals surface area contributed by atoms with E-state index in [9.17, 15) is 15.2 Å². The fourth-order valence-corrected chi connectivity index (χ4v) is 2.50. The summed E-state index contributed by atoms with van der Waals surface area (Å²) in [4.78, 5) is 14.4. The van der Waals surface area contributed by atoms with Crippen molar-refractivity contribution in [1.29, 1.82) is 0 Å². The topological polar surface area (TPSA) is 127 Å². The quantitative estimate of drug-likeness (QED) is 0.430. The Morgan fingerprint density at radius 3 is 2.95 bits per heavy atom. The molecule has 110 valence electrons. The van der Waals surface area contributed by atoms with Crippen molar-refractivity contribution in [3.05, 3.63) is 37.2 Å². The van der Waals surface area contributed by atoms with Crippen molar-refractivity contribution in [3.63, 3.8) is 0 Å². The summed E-state index contributed by atoms with van der Waals surface area (Å²) < 4.78 is 0.261. The molecule has 1 aromatic carbocycles. The Balaban J connectivity index is 2.29. The number of aromatic hydroxyl groups is 1. The number of anilines is 2. The van der Waals surface area contributed by atoms with Crippen LogP contribution < -0.4 is 11.2 Å². The van der Waals surface area contributed by atoms with Gasteiger partial charge in [0, 0.05) is 22.6 Å². The lowest BCUT2D eigenvalue weighted by atomic mass is 10.1. The third kappa shape index (κ3) is 3.28. The summed E-state index contributed by atoms with van der Waals surface area (Å²) in [6.45, 7) is 1.54. The third-order valence-electron chi connectivity index (χ3n) is 2.57. The molecule has 0 unspecified atom stereocenters. The van der Waals surface area contributed by atoms with Crippen molar-refractivity contribution in [2.45, 2.75) is 6.92 Å². The number of nitrogen functional groups attached to an aromatic ring is 1. The lowest BCUT2D eigenvalue weighted by molar-refractivity contribution is -0.385. The van der Waals surface area contributed by atoms with Crippen LogP contribution in [-0.4, -0.2) is 21.2 Å². The molecular formula is C11H10BrN5O3S. The van der Waals surface area contributed by atoms with Gasteiger partial charge >= 0.3 is 0 Å². The van der Waals surface area contributed by atoms with Crippen molar-refractivity contribution in [1.82, 2.24) is 4.98 Å². The van der Waals surface area contributed by atoms with Gasteiger partial charge in [-0.25, -0.2) is 4.98 Å². The normalized spacial score (nSPS) is 11.0. The van der Waals surface area contributed by atoms with Gasteiger partial charge in [-0.3, -0.25) is 15.5 Å². The highest BCUT2D eigenvalue weighted by atomic mass is 79.9. The van der Waals surface area contributed by atoms with Crippen molar-refractivity contribution in [3.8, 4) is 5.75 Å². The number of nitro groups is 1. The van der Waals surface area contributed by atoms with Crippen LogP contribution in [0.4, 0.5) is 16.6 Å². The number of hydrazone groups is 1. The second kappa shape index (κ2) is 6.06. The van der Waals surface area contributed by atoms with E-state index in [-0.39, 0.29) is 21.5 Å². The molecule has 21 heavy (non-hydrogen) atoms. The van der Waals surface area contributed by atoms with Crippen molar-refractivity contribution >= 4 is 50.1 Å². The fraction of sp³-hybridized carbons (Fsp3) is 0.0909. The maximum Gasteiger partial charge on any atom is 0.274 e. The monoisotopic (exact) mass is 371 g/mol. The van der Waals surface area contributed by atoms with Gasteiger partial charge in [-0.2, -0.15) is 5.10 Å². The van der Waals surface area contributed by atoms with Crippen LogP contribution in [0.25, 0.3) is 0 Å². The Kier molecular flexibility index (Phi) is 4.38. The summed E-state index contributed by atoms with van der Waals surface area (Å²) in [5.41, 5.74) is 8.52. The standard InChI is InChI=1S/C11H10BrN5O3S/c1-5-7(17(19)20)2-6(10(18)9(5)12)3-14-16-11-15-8(13)4-21-11/h2-4,18H,13H2,1H3,(H,15,16). The molecule has 0 aliphatic rings. The molecule has 2 rings (SSSR count). The highest BCUT2D eigenvalue weighted by Crippen LogP contribution is 2.36. The predicted molar refractivity (Wildman–Crippen MR) is 84.9 cm³/mol. The van der Waals surface area contributed by atoms with Gasteiger partial charge in [-0.1, -0.05) is 0 Å². The van der Waals surface area contributed by atoms with E-state index in [0.29, 0.717) is 16.5 Å². The second-order valence-corrected chi connectivity index (χ2v) is 5.63. The van der Waals surface area contributed by atoms with E-state index in [1.165, 1.54) is 23.6 Å². The summed E-state index contributed by atoms with van der Waals surface area (Å²) in [6, 6.07) is 1.25. The van der Waals surface area contributed by atoms with Gasteiger partial charge in [0.1, 0.15) is 11.6 Å². The second-order valence-electron chi connectivity index (χ2n) is 3.98. The smallest absolute Gasteiger partial charge is 0.274 e. The number of rotatable bonds is 4. The molecule has 4 N–H and O–H groups in total. The number of nitrogens with one attached hydrogen (secondary N) is 1. The SMILES string of the molecule is Cc1c([N+](=O)[O-])cc(C=NNc2nc(N)cs2)c(O)c1Br. The van der Waals surface area contributed by atoms with Crippen LogP contribution >= 0.6 is 27.3 Å². The minimum atomic E-state index is -0.522. The molecular weight excluding hydrogens is 362 g/mol. The maximum atomic E-state index is 11.0. The van der Waals surface area contributed by atoms with Gasteiger partial charge in [0.2, 0.25) is 5.13 Å². The Morgan fingerprint density at radius 1 is 1.67 bits per heavy atom. The molecule has 10 heteroatoms. The highest BCUT2D eigenvalue weighted by Gasteiger charge is 2.19. The van der Waals surface area contributed by atoms with Gasteiger partial charge in [-0.15, -0.1) is 11.3 Å². The van der Waals surface area contributed by atoms with Gasteiger partial charge in [0.15, 0.2) is 0 Å². The van der Waals surface area contributed by atoms with E-state index < -0.39 is 4.92 Å². The number of halogens is 1. The summed E-state index contributed by atoms with van der Waals surface area (Å²) in [7, 11) is 0. The number of thiazole rings is 1. The lowest BCUT2D eigenvalue weighted by Crippen LogP contribution is -1.97. The number of phenols is 1. The molecule has 0 atom stereocenters. The van der Waals surface area contributed by atoms with Crippen LogP contribution in [0, 0.1) is 17.0 Å². The molecule has 0 spiro atoms. The van der Waals surface area contributed by atoms with Gasteiger partial charge < -0.3 is 10.8 Å². The van der Waals surface area contributed by atoms with Crippen LogP contribution in [0.5, 0.6) is 5.75 Å². The molecule has 0 saturated carbocycles. The first-order valence-electron chi connectivity index (χ1n) is 5.56. The summed E-state index contributed by atoms with van der Waals surface area (Å²) in [5, 5.41) is 26.9. The van der Waals surface area contributed by atoms with Crippen molar-refractivity contribution < 1.29 is 10.0 Å². The molecule has 8 nitrogen and oxygen atoms in total. The Labute approximate surface area is 131 Å². The maximum absolute atomic E-state index is 11.0. The van der Waals surface area contributed by atoms with Crippen molar-refractivity contribution in [2.75, 3.05) is 11.2 Å². The first-order valence-corrected chi connectivity index (χ1v) is 7.24. The molecule has 1 aromatic heterocycles. The Hall–Kier alpha value is -2.20. The molecule has 0 bridgehead atoms. The zero-order chi connectivity index (χ0) is 15.6. The molecule has 0 radical (unpaired) electrons. The van der Waals surface area contributed by atoms with E-state index in [4.69, 9.17) is 5.73 Å². The fourth-order valence-electron chi connectivity index (χ4n) is 1.52. The number of nitro benzene ring substituents is 1. The van der Waals surface area contributed by atoms with E-state index in [0.717, 1.165) is 0 Å². The number of hydrogen-bond acceptors (Lipinski definition) is 8. The first-order chi connectivity index (χ1) is 9.90. The number of aromatic nitrogens is 1. The zero-order valence-electron chi connectivity index (χ0n) is 10.7. The average molecular weight is 372 g/mol. The van der Waals surface area contributed by atoms with Crippen molar-refractivity contribution in [2.24, 2.45) is 5.10 Å². The summed E-state index contributed by atoms with van der Waals surface area (Å²) in [6.07, 6.45) is 1.27. The third-order valence-corrected chi connectivity index (χ3v) is 4.30. The van der Waals surface area contributed by atoms with Crippen LogP contribution in [0.2, 0.25) is 0 Å². The summed E-state index contributed by atoms with van der Waals surface area (Å²) >= 11 is 4.39. The minimum Gasteiger partial charge on any atom is -0.506 e. The van der Waals surface area contributed by atoms with Gasteiger partial charge in [0.05, 0.1) is 15.6 Å². The number of nitrogens with two attached hydrogens (primary N) is 1. The number of phenolic OH excluding ortho intramolecular Hbond substituents is 1. The van der Waals surface area contributed by atoms with Crippen LogP contribution in [0.1, 0.15) is 11.1 Å². The van der Waals surface area contributed by atoms with Gasteiger partial charge in [-0.05, 0) is 22.9 Å². The van der Waals surface area contributed by atoms with Crippen LogP contribution in [-0.2, 0) is 0 Å². The first kappa shape index (κ1) is 15.2. The van der Waals surface area contributed by atoms with Gasteiger partial charge in [0.25, 0.3) is 5.69 Å². The zero-order valence-corrected chi connectivity index (χ0v) is 13.1. The van der Waals surface area contributed by atoms with E-state index in [1.807, 2.05) is 0 Å². The van der Waals surface area contributed by atoms with E-state index in [2.05, 4.69) is 31.4 Å². The number of nitrogens with zero attached hydrogens (tertiary/aromatic N) is 3. The molecule has 0 fully saturated rings. The Bertz CT molecular complexity index is 731. The number of hydrogen-bond donors (Lipinski definition) is 3. The number of benzene rings is 1. The molecule has 0 saturated heterocycles. The average Bonchev–Trinajstić information content (AvgIpc) is 2.84. The Morgan fingerprint density at radius 2 is 2.38 bits per heavy atom. The van der Waals surface area contributed by atoms with Crippen LogP contribution in [0.15, 0.2) is 21.0 Å². The highest BCUT2D eigenvalue weighted by molar-refractivity contribution is 9.10. The largest absolute Gasteiger partial charge is 0.506 e. The predicted octanol–water partition coefficient (Wildman–Crippen LogP) is 2.86. The molecule has 1 heterocycles. The molecule has 0 aliphatic heterocycles. The van der Waals surface area contributed by atoms with Crippen LogP contribution in [0.3, 0.4) is 0 Å². The summed E-state index contributed by atoms with van der Waals surface area (Å²) in [5.74, 6) is 0.247. The van der Waals surface area contributed by atoms with E-state index >= 15 is 0 Å². The lowest BCUT2D eigenvalue weighted by Gasteiger charge is -2.06. The molecule has 0 aliphatic carbocycles.